The van der Waals surface area contributed by atoms with Gasteiger partial charge in [-0.3, -0.25) is 0 Å². The Kier molecular flexibility index (Phi) is 10.7. The summed E-state index contributed by atoms with van der Waals surface area (Å²) in [6.07, 6.45) is 0. The van der Waals surface area contributed by atoms with Crippen LogP contribution in [0.25, 0.3) is 0 Å². The van der Waals surface area contributed by atoms with Crippen molar-refractivity contribution in [2.24, 2.45) is 0 Å². The molecule has 0 amide bonds. The van der Waals surface area contributed by atoms with Crippen molar-refractivity contribution in [1.29, 1.82) is 0 Å². The summed E-state index contributed by atoms with van der Waals surface area (Å²) in [5.74, 6) is 0. The molecule has 0 aliphatic heterocycles. The van der Waals surface area contributed by atoms with Gasteiger partial charge in [-0.25, -0.2) is 0 Å². The van der Waals surface area contributed by atoms with Crippen molar-refractivity contribution in [3.8, 4) is 0 Å². The third kappa shape index (κ3) is 6.24. The van der Waals surface area contributed by atoms with Crippen molar-refractivity contribution >= 4 is 57.8 Å². The van der Waals surface area contributed by atoms with Crippen LogP contribution >= 0.6 is 0 Å². The van der Waals surface area contributed by atoms with Crippen LogP contribution in [0.4, 0.5) is 34.1 Å². The Morgan fingerprint density at radius 2 is 0.531 bits per heavy atom. The van der Waals surface area contributed by atoms with Gasteiger partial charge in [0.25, 0.3) is 0 Å². The lowest BCUT2D eigenvalue weighted by atomic mass is 10.1. The molecule has 0 N–H and O–H groups in total. The molecule has 0 heterocycles. The molecule has 0 atom stereocenters. The van der Waals surface area contributed by atoms with Crippen LogP contribution < -0.4 is 45.0 Å². The summed E-state index contributed by atoms with van der Waals surface area (Å²) < 4.78 is 0. The fourth-order valence-corrected chi connectivity index (χ4v) is 14.4. The van der Waals surface area contributed by atoms with E-state index in [0.29, 0.717) is 0 Å². The molecule has 49 heavy (non-hydrogen) atoms. The molecule has 0 saturated carbocycles. The Morgan fingerprint density at radius 3 is 0.694 bits per heavy atom. The maximum Gasteiger partial charge on any atom is 0.159 e. The lowest BCUT2D eigenvalue weighted by Gasteiger charge is -2.44. The second kappa shape index (κ2) is 13.8. The number of hydrogen-bond donors (Lipinski definition) is 0. The van der Waals surface area contributed by atoms with Crippen molar-refractivity contribution in [2.45, 2.75) is 54.0 Å². The van der Waals surface area contributed by atoms with E-state index in [1.165, 1.54) is 88.7 Å². The first kappa shape index (κ1) is 38.0. The van der Waals surface area contributed by atoms with Crippen LogP contribution in [0.15, 0.2) is 58.7 Å². The van der Waals surface area contributed by atoms with Crippen molar-refractivity contribution < 1.29 is 0 Å². The molecular formula is C42H64N6Si. The topological polar surface area (TPSA) is 19.4 Å². The van der Waals surface area contributed by atoms with Crippen LogP contribution in [0, 0.1) is 20.8 Å². The lowest BCUT2D eigenvalue weighted by Crippen LogP contribution is -2.70. The van der Waals surface area contributed by atoms with Gasteiger partial charge in [0.15, 0.2) is 8.07 Å². The van der Waals surface area contributed by atoms with Gasteiger partial charge in [-0.1, -0.05) is 11.1 Å². The SMILES string of the molecule is CC1=C(C)C([Si](c2cc(N(C)C)c(C)c(N(C)C)c2)(c2cc(N(C)C)c(C)c(N(C)C)c2)c2cc(N(C)C)c(C)c(N(C)C)c2)C(C)=C1C. The Labute approximate surface area is 300 Å². The van der Waals surface area contributed by atoms with Crippen LogP contribution in [0.3, 0.4) is 0 Å². The molecule has 0 spiro atoms. The number of benzene rings is 3. The smallest absolute Gasteiger partial charge is 0.159 e. The molecule has 6 nitrogen and oxygen atoms in total. The van der Waals surface area contributed by atoms with Crippen molar-refractivity contribution in [1.82, 2.24) is 0 Å². The molecule has 7 heteroatoms. The monoisotopic (exact) mass is 680 g/mol. The van der Waals surface area contributed by atoms with Crippen LogP contribution in [0.5, 0.6) is 0 Å². The second-order valence-electron chi connectivity index (χ2n) is 15.6. The zero-order chi connectivity index (χ0) is 37.0. The highest BCUT2D eigenvalue weighted by Gasteiger charge is 2.52. The predicted molar refractivity (Wildman–Crippen MR) is 225 cm³/mol. The zero-order valence-corrected chi connectivity index (χ0v) is 35.2. The summed E-state index contributed by atoms with van der Waals surface area (Å²) >= 11 is 0. The minimum atomic E-state index is -3.01. The summed E-state index contributed by atoms with van der Waals surface area (Å²) in [7, 11) is 23.3. The van der Waals surface area contributed by atoms with Gasteiger partial charge < -0.3 is 29.4 Å². The third-order valence-electron chi connectivity index (χ3n) is 11.4. The quantitative estimate of drug-likeness (QED) is 0.178. The first-order valence-electron chi connectivity index (χ1n) is 17.5. The van der Waals surface area contributed by atoms with Crippen LogP contribution in [-0.2, 0) is 0 Å². The number of anilines is 6. The van der Waals surface area contributed by atoms with E-state index < -0.39 is 8.07 Å². The van der Waals surface area contributed by atoms with Gasteiger partial charge in [-0.05, 0) is 128 Å². The summed E-state index contributed by atoms with van der Waals surface area (Å²) in [5, 5.41) is 4.31. The molecular weight excluding hydrogens is 617 g/mol. The van der Waals surface area contributed by atoms with Crippen molar-refractivity contribution in [3.05, 3.63) is 75.4 Å². The minimum absolute atomic E-state index is 0.237. The number of allylic oxidation sites excluding steroid dienone is 4. The van der Waals surface area contributed by atoms with E-state index in [1.807, 2.05) is 0 Å². The average molecular weight is 681 g/mol. The molecule has 0 bridgehead atoms. The largest absolute Gasteiger partial charge is 0.377 e. The fraction of sp³-hybridized carbons (Fsp3) is 0.476. The Bertz CT molecular complexity index is 1530. The number of nitrogens with zero attached hydrogens (tertiary/aromatic N) is 6. The fourth-order valence-electron chi connectivity index (χ4n) is 8.52. The highest BCUT2D eigenvalue weighted by atomic mass is 28.3. The molecule has 1 aliphatic rings. The molecule has 0 unspecified atom stereocenters. The first-order chi connectivity index (χ1) is 22.7. The van der Waals surface area contributed by atoms with E-state index in [0.717, 1.165) is 0 Å². The number of hydrogen-bond acceptors (Lipinski definition) is 6. The highest BCUT2D eigenvalue weighted by Crippen LogP contribution is 2.48. The standard InChI is InChI=1S/C42H64N6Si/c1-26-27(2)29(4)42(28(26)3)49(33-20-36(43(8)9)30(5)37(21-33)44(10)11,34-22-38(45(12)13)31(6)39(23-34)46(14)15)35-24-40(47(16)17)32(7)41(25-35)48(18)19/h20-25,42H,1-19H3. The van der Waals surface area contributed by atoms with Gasteiger partial charge in [0.05, 0.1) is 0 Å². The van der Waals surface area contributed by atoms with E-state index in [4.69, 9.17) is 0 Å². The Balaban J connectivity index is 2.49. The minimum Gasteiger partial charge on any atom is -0.377 e. The second-order valence-corrected chi connectivity index (χ2v) is 19.6. The third-order valence-corrected chi connectivity index (χ3v) is 16.7. The number of rotatable bonds is 10. The van der Waals surface area contributed by atoms with E-state index >= 15 is 0 Å². The molecule has 0 saturated heterocycles. The lowest BCUT2D eigenvalue weighted by molar-refractivity contribution is 1.06. The predicted octanol–water partition coefficient (Wildman–Crippen LogP) is 6.53. The highest BCUT2D eigenvalue weighted by molar-refractivity contribution is 7.13. The van der Waals surface area contributed by atoms with Crippen LogP contribution in [0.2, 0.25) is 5.54 Å². The normalized spacial score (nSPS) is 13.8. The van der Waals surface area contributed by atoms with E-state index in [9.17, 15) is 0 Å². The molecule has 4 rings (SSSR count). The molecule has 3 aromatic carbocycles. The Hall–Kier alpha value is -3.84. The molecule has 0 radical (unpaired) electrons. The van der Waals surface area contributed by atoms with Crippen molar-refractivity contribution in [2.75, 3.05) is 114 Å². The summed E-state index contributed by atoms with van der Waals surface area (Å²) in [4.78, 5) is 13.8. The van der Waals surface area contributed by atoms with E-state index in [1.54, 1.807) is 0 Å². The summed E-state index contributed by atoms with van der Waals surface area (Å²) in [5.41, 5.74) is 17.6. The Morgan fingerprint density at radius 1 is 0.347 bits per heavy atom. The summed E-state index contributed by atoms with van der Waals surface area (Å²) in [6, 6.07) is 15.3. The van der Waals surface area contributed by atoms with Gasteiger partial charge in [0.1, 0.15) is 0 Å². The maximum atomic E-state index is 2.55. The van der Waals surface area contributed by atoms with Crippen LogP contribution in [-0.4, -0.2) is 92.6 Å². The van der Waals surface area contributed by atoms with Gasteiger partial charge in [-0.15, -0.1) is 0 Å². The molecule has 266 valence electrons. The molecule has 3 aromatic rings. The van der Waals surface area contributed by atoms with Crippen molar-refractivity contribution in [3.63, 3.8) is 0 Å². The van der Waals surface area contributed by atoms with Gasteiger partial charge in [-0.2, -0.15) is 0 Å². The van der Waals surface area contributed by atoms with Gasteiger partial charge in [0, 0.05) is 124 Å². The average Bonchev–Trinajstić information content (AvgIpc) is 3.20. The molecule has 0 fully saturated rings. The summed E-state index contributed by atoms with van der Waals surface area (Å²) in [6.45, 7) is 16.3. The first-order valence-corrected chi connectivity index (χ1v) is 19.6. The van der Waals surface area contributed by atoms with Gasteiger partial charge in [0.2, 0.25) is 0 Å². The maximum absolute atomic E-state index is 3.01. The van der Waals surface area contributed by atoms with Crippen LogP contribution in [0.1, 0.15) is 44.4 Å². The zero-order valence-electron chi connectivity index (χ0n) is 34.2. The van der Waals surface area contributed by atoms with E-state index in [-0.39, 0.29) is 5.54 Å². The van der Waals surface area contributed by atoms with Gasteiger partial charge >= 0.3 is 0 Å². The van der Waals surface area contributed by atoms with E-state index in [2.05, 4.69) is 199 Å². The molecule has 0 aromatic heterocycles. The molecule has 1 aliphatic carbocycles.